The van der Waals surface area contributed by atoms with E-state index in [0.717, 1.165) is 22.1 Å². The fourth-order valence-corrected chi connectivity index (χ4v) is 3.60. The minimum atomic E-state index is -3.78. The molecule has 0 aliphatic heterocycles. The van der Waals surface area contributed by atoms with Crippen LogP contribution in [0, 0.1) is 0 Å². The highest BCUT2D eigenvalue weighted by Crippen LogP contribution is 2.32. The smallest absolute Gasteiger partial charge is 0.238 e. The molecule has 7 heteroatoms. The van der Waals surface area contributed by atoms with Crippen molar-refractivity contribution in [3.8, 4) is 11.1 Å². The number of methoxy groups -OCH3 is 1. The highest BCUT2D eigenvalue weighted by Gasteiger charge is 2.15. The Balaban J connectivity index is 2.19. The molecule has 3 aromatic rings. The van der Waals surface area contributed by atoms with E-state index in [4.69, 9.17) is 9.88 Å². The number of hydrogen-bond acceptors (Lipinski definition) is 4. The Morgan fingerprint density at radius 1 is 1.29 bits per heavy atom. The fraction of sp³-hybridized carbons (Fsp3) is 0.0952. The number of hydrogen-bond donors (Lipinski definition) is 2. The summed E-state index contributed by atoms with van der Waals surface area (Å²) in [5.74, 6) is 0.711. The highest BCUT2D eigenvalue weighted by molar-refractivity contribution is 7.89. The lowest BCUT2D eigenvalue weighted by Gasteiger charge is -2.10. The molecule has 2 aromatic heterocycles. The number of aromatic nitrogens is 2. The topological polar surface area (TPSA) is 98.1 Å². The summed E-state index contributed by atoms with van der Waals surface area (Å²) in [5.41, 5.74) is 3.96. The molecule has 0 fully saturated rings. The third kappa shape index (κ3) is 3.76. The van der Waals surface area contributed by atoms with E-state index in [0.29, 0.717) is 17.0 Å². The van der Waals surface area contributed by atoms with Gasteiger partial charge >= 0.3 is 0 Å². The maximum atomic E-state index is 11.7. The summed E-state index contributed by atoms with van der Waals surface area (Å²) < 4.78 is 28.8. The van der Waals surface area contributed by atoms with E-state index in [1.165, 1.54) is 12.1 Å². The molecule has 0 saturated heterocycles. The highest BCUT2D eigenvalue weighted by atomic mass is 32.2. The van der Waals surface area contributed by atoms with Gasteiger partial charge in [-0.25, -0.2) is 18.5 Å². The summed E-state index contributed by atoms with van der Waals surface area (Å²) in [5, 5.41) is 6.13. The molecule has 0 atom stereocenters. The molecule has 0 amide bonds. The van der Waals surface area contributed by atoms with E-state index in [1.54, 1.807) is 25.4 Å². The molecule has 0 bridgehead atoms. The molecule has 1 aromatic carbocycles. The van der Waals surface area contributed by atoms with E-state index < -0.39 is 10.0 Å². The lowest BCUT2D eigenvalue weighted by molar-refractivity contribution is 0.310. The van der Waals surface area contributed by atoms with Crippen LogP contribution in [0.15, 0.2) is 78.2 Å². The van der Waals surface area contributed by atoms with Crippen molar-refractivity contribution >= 4 is 26.6 Å². The van der Waals surface area contributed by atoms with E-state index in [2.05, 4.69) is 16.5 Å². The molecule has 6 nitrogen and oxygen atoms in total. The molecule has 0 unspecified atom stereocenters. The molecule has 0 saturated carbocycles. The van der Waals surface area contributed by atoms with Crippen molar-refractivity contribution in [2.45, 2.75) is 11.8 Å². The molecule has 0 spiro atoms. The predicted octanol–water partition coefficient (Wildman–Crippen LogP) is 4.00. The second-order valence-corrected chi connectivity index (χ2v) is 7.63. The summed E-state index contributed by atoms with van der Waals surface area (Å²) in [4.78, 5) is 7.69. The van der Waals surface area contributed by atoms with Crippen molar-refractivity contribution in [1.82, 2.24) is 9.97 Å². The maximum absolute atomic E-state index is 11.7. The van der Waals surface area contributed by atoms with Crippen LogP contribution in [0.1, 0.15) is 12.5 Å². The Bertz CT molecular complexity index is 1200. The Hall–Kier alpha value is -3.16. The number of nitrogens with two attached hydrogens (primary N) is 1. The Labute approximate surface area is 164 Å². The van der Waals surface area contributed by atoms with Gasteiger partial charge in [0, 0.05) is 34.5 Å². The number of aromatic amines is 1. The first-order chi connectivity index (χ1) is 13.4. The summed E-state index contributed by atoms with van der Waals surface area (Å²) in [6.07, 6.45) is 9.00. The molecule has 0 aliphatic carbocycles. The van der Waals surface area contributed by atoms with Crippen molar-refractivity contribution in [2.75, 3.05) is 7.11 Å². The van der Waals surface area contributed by atoms with Crippen LogP contribution in [0.3, 0.4) is 0 Å². The number of nitrogens with zero attached hydrogens (tertiary/aromatic N) is 1. The number of ether oxygens (including phenoxy) is 1. The molecule has 28 heavy (non-hydrogen) atoms. The number of benzene rings is 1. The molecule has 2 heterocycles. The molecular weight excluding hydrogens is 374 g/mol. The van der Waals surface area contributed by atoms with Gasteiger partial charge in [0.05, 0.1) is 12.0 Å². The van der Waals surface area contributed by atoms with Gasteiger partial charge < -0.3 is 9.72 Å². The predicted molar refractivity (Wildman–Crippen MR) is 112 cm³/mol. The van der Waals surface area contributed by atoms with Crippen LogP contribution in [0.5, 0.6) is 0 Å². The zero-order valence-electron chi connectivity index (χ0n) is 15.6. The summed E-state index contributed by atoms with van der Waals surface area (Å²) in [6, 6.07) is 8.43. The minimum Gasteiger partial charge on any atom is -0.496 e. The number of H-pyrrole nitrogens is 1. The number of allylic oxidation sites excluding steroid dienone is 4. The number of nitrogens with one attached hydrogen (secondary N) is 1. The third-order valence-corrected chi connectivity index (χ3v) is 5.26. The zero-order valence-corrected chi connectivity index (χ0v) is 16.5. The second-order valence-electron chi connectivity index (χ2n) is 6.07. The van der Waals surface area contributed by atoms with Gasteiger partial charge in [0.1, 0.15) is 11.4 Å². The van der Waals surface area contributed by atoms with E-state index in [1.807, 2.05) is 37.4 Å². The fourth-order valence-electron chi connectivity index (χ4n) is 3.04. The van der Waals surface area contributed by atoms with Crippen LogP contribution in [0.2, 0.25) is 0 Å². The average Bonchev–Trinajstić information content (AvgIpc) is 3.10. The number of sulfonamides is 1. The first-order valence-corrected chi connectivity index (χ1v) is 10.1. The lowest BCUT2D eigenvalue weighted by atomic mass is 10.0. The van der Waals surface area contributed by atoms with Gasteiger partial charge in [0.25, 0.3) is 0 Å². The van der Waals surface area contributed by atoms with Gasteiger partial charge in [-0.1, -0.05) is 30.9 Å². The van der Waals surface area contributed by atoms with Gasteiger partial charge in [-0.15, -0.1) is 0 Å². The van der Waals surface area contributed by atoms with Gasteiger partial charge in [-0.3, -0.25) is 0 Å². The SMILES string of the molecule is C=C/C=C(\C(=C/C)OC)c1c[nH]c2ncc(-c3cccc(S(N)(=O)=O)c3)cc12. The van der Waals surface area contributed by atoms with Crippen molar-refractivity contribution in [3.63, 3.8) is 0 Å². The molecule has 144 valence electrons. The van der Waals surface area contributed by atoms with Gasteiger partial charge in [0.15, 0.2) is 0 Å². The van der Waals surface area contributed by atoms with E-state index in [-0.39, 0.29) is 4.90 Å². The van der Waals surface area contributed by atoms with Crippen molar-refractivity contribution < 1.29 is 13.2 Å². The first-order valence-electron chi connectivity index (χ1n) is 8.53. The Morgan fingerprint density at radius 3 is 2.71 bits per heavy atom. The standard InChI is InChI=1S/C21H21N3O3S/c1-4-7-17(20(5-2)27-3)19-13-24-21-18(19)11-15(12-23-21)14-8-6-9-16(10-14)28(22,25)26/h4-13H,1H2,2-3H3,(H,23,24)(H2,22,25,26)/b17-7-,20-5+. The summed E-state index contributed by atoms with van der Waals surface area (Å²) in [6.45, 7) is 5.68. The van der Waals surface area contributed by atoms with Crippen molar-refractivity contribution in [3.05, 3.63) is 78.9 Å². The molecule has 0 aliphatic rings. The molecule has 3 N–H and O–H groups in total. The molecular formula is C21H21N3O3S. The lowest BCUT2D eigenvalue weighted by Crippen LogP contribution is -2.11. The maximum Gasteiger partial charge on any atom is 0.238 e. The third-order valence-electron chi connectivity index (χ3n) is 4.35. The van der Waals surface area contributed by atoms with Crippen LogP contribution in [0.4, 0.5) is 0 Å². The zero-order chi connectivity index (χ0) is 20.3. The number of pyridine rings is 1. The number of primary sulfonamides is 1. The second kappa shape index (κ2) is 7.84. The van der Waals surface area contributed by atoms with Crippen molar-refractivity contribution in [2.24, 2.45) is 5.14 Å². The van der Waals surface area contributed by atoms with Crippen LogP contribution < -0.4 is 5.14 Å². The normalized spacial score (nSPS) is 13.0. The van der Waals surface area contributed by atoms with Gasteiger partial charge in [-0.2, -0.15) is 0 Å². The largest absolute Gasteiger partial charge is 0.496 e. The van der Waals surface area contributed by atoms with Crippen LogP contribution in [0.25, 0.3) is 27.7 Å². The van der Waals surface area contributed by atoms with Crippen LogP contribution in [-0.2, 0) is 14.8 Å². The van der Waals surface area contributed by atoms with Gasteiger partial charge in [0.2, 0.25) is 10.0 Å². The molecule has 3 rings (SSSR count). The Kier molecular flexibility index (Phi) is 5.48. The molecule has 0 radical (unpaired) electrons. The van der Waals surface area contributed by atoms with Crippen LogP contribution >= 0.6 is 0 Å². The summed E-state index contributed by atoms with van der Waals surface area (Å²) >= 11 is 0. The Morgan fingerprint density at radius 2 is 2.07 bits per heavy atom. The summed E-state index contributed by atoms with van der Waals surface area (Å²) in [7, 11) is -2.17. The van der Waals surface area contributed by atoms with Gasteiger partial charge in [-0.05, 0) is 36.8 Å². The average molecular weight is 395 g/mol. The number of rotatable bonds is 6. The quantitative estimate of drug-likeness (QED) is 0.487. The first kappa shape index (κ1) is 19.6. The van der Waals surface area contributed by atoms with Crippen molar-refractivity contribution in [1.29, 1.82) is 0 Å². The van der Waals surface area contributed by atoms with Crippen LogP contribution in [-0.4, -0.2) is 25.5 Å². The van der Waals surface area contributed by atoms with E-state index >= 15 is 0 Å². The number of fused-ring (bicyclic) bond motifs is 1. The monoisotopic (exact) mass is 395 g/mol. The van der Waals surface area contributed by atoms with E-state index in [9.17, 15) is 8.42 Å². The minimum absolute atomic E-state index is 0.0576.